The van der Waals surface area contributed by atoms with Crippen LogP contribution in [0.5, 0.6) is 0 Å². The van der Waals surface area contributed by atoms with Crippen molar-refractivity contribution in [2.75, 3.05) is 31.1 Å². The summed E-state index contributed by atoms with van der Waals surface area (Å²) in [4.78, 5) is 22.2. The van der Waals surface area contributed by atoms with Crippen molar-refractivity contribution in [3.63, 3.8) is 0 Å². The number of hydrogen-bond donors (Lipinski definition) is 0. The third-order valence-corrected chi connectivity index (χ3v) is 6.70. The quantitative estimate of drug-likeness (QED) is 0.379. The van der Waals surface area contributed by atoms with E-state index in [1.807, 2.05) is 70.2 Å². The lowest BCUT2D eigenvalue weighted by atomic mass is 9.92. The number of rotatable bonds is 5. The molecule has 0 spiro atoms. The predicted octanol–water partition coefficient (Wildman–Crippen LogP) is 5.51. The van der Waals surface area contributed by atoms with Gasteiger partial charge in [0.1, 0.15) is 5.65 Å². The van der Waals surface area contributed by atoms with Crippen LogP contribution in [0.3, 0.4) is 0 Å². The van der Waals surface area contributed by atoms with Gasteiger partial charge in [0, 0.05) is 61.6 Å². The zero-order valence-electron chi connectivity index (χ0n) is 18.1. The van der Waals surface area contributed by atoms with Gasteiger partial charge in [-0.2, -0.15) is 0 Å². The lowest BCUT2D eigenvalue weighted by molar-refractivity contribution is -0.131. The minimum Gasteiger partial charge on any atom is -0.368 e. The topological polar surface area (TPSA) is 40.9 Å². The number of piperazine rings is 1. The largest absolute Gasteiger partial charge is 0.368 e. The van der Waals surface area contributed by atoms with Gasteiger partial charge in [-0.3, -0.25) is 4.79 Å². The predicted molar refractivity (Wildman–Crippen MR) is 133 cm³/mol. The number of fused-ring (bicyclic) bond motifs is 1. The zero-order valence-corrected chi connectivity index (χ0v) is 19.6. The highest BCUT2D eigenvalue weighted by Crippen LogP contribution is 2.30. The third-order valence-electron chi connectivity index (χ3n) is 6.24. The monoisotopic (exact) mass is 478 g/mol. The minimum atomic E-state index is -0.113. The molecule has 1 aliphatic rings. The molecular formula is C26H24Cl2N4O. The molecule has 1 unspecified atom stereocenters. The number of aromatic nitrogens is 2. The van der Waals surface area contributed by atoms with Crippen LogP contribution in [0, 0.1) is 0 Å². The highest BCUT2D eigenvalue weighted by atomic mass is 35.5. The van der Waals surface area contributed by atoms with Gasteiger partial charge in [-0.25, -0.2) is 4.98 Å². The summed E-state index contributed by atoms with van der Waals surface area (Å²) in [6, 6.07) is 21.7. The summed E-state index contributed by atoms with van der Waals surface area (Å²) in [6.45, 7) is 2.94. The van der Waals surface area contributed by atoms with E-state index in [4.69, 9.17) is 23.2 Å². The number of benzene rings is 2. The molecule has 7 heteroatoms. The van der Waals surface area contributed by atoms with Crippen molar-refractivity contribution in [3.8, 4) is 0 Å². The first kappa shape index (κ1) is 21.8. The fourth-order valence-electron chi connectivity index (χ4n) is 4.50. The molecule has 0 N–H and O–H groups in total. The molecule has 0 saturated carbocycles. The first-order valence-electron chi connectivity index (χ1n) is 11.0. The maximum absolute atomic E-state index is 13.4. The summed E-state index contributed by atoms with van der Waals surface area (Å²) in [7, 11) is 0. The van der Waals surface area contributed by atoms with E-state index in [1.165, 1.54) is 0 Å². The van der Waals surface area contributed by atoms with Gasteiger partial charge in [-0.15, -0.1) is 0 Å². The SMILES string of the molecule is O=C(CC(c1ccccc1)c1cnc2ccc(Cl)cn12)N1CCN(c2cccc(Cl)c2)CC1. The smallest absolute Gasteiger partial charge is 0.223 e. The lowest BCUT2D eigenvalue weighted by Gasteiger charge is -2.36. The summed E-state index contributed by atoms with van der Waals surface area (Å²) < 4.78 is 1.99. The summed E-state index contributed by atoms with van der Waals surface area (Å²) in [5.41, 5.74) is 3.96. The molecule has 1 atom stereocenters. The Kier molecular flexibility index (Phi) is 6.25. The molecule has 4 aromatic rings. The van der Waals surface area contributed by atoms with E-state index in [0.29, 0.717) is 24.5 Å². The molecule has 1 amide bonds. The fourth-order valence-corrected chi connectivity index (χ4v) is 4.85. The number of carbonyl (C=O) groups is 1. The summed E-state index contributed by atoms with van der Waals surface area (Å²) in [5.74, 6) is 0.0321. The highest BCUT2D eigenvalue weighted by Gasteiger charge is 2.27. The van der Waals surface area contributed by atoms with Crippen molar-refractivity contribution in [3.05, 3.63) is 100 Å². The summed E-state index contributed by atoms with van der Waals surface area (Å²) in [6.07, 6.45) is 4.10. The normalized spacial score (nSPS) is 15.1. The zero-order chi connectivity index (χ0) is 22.8. The first-order chi connectivity index (χ1) is 16.1. The van der Waals surface area contributed by atoms with Gasteiger partial charge in [-0.1, -0.05) is 59.6 Å². The Morgan fingerprint density at radius 2 is 1.70 bits per heavy atom. The summed E-state index contributed by atoms with van der Waals surface area (Å²) >= 11 is 12.4. The second kappa shape index (κ2) is 9.46. The number of halogens is 2. The molecule has 2 aromatic heterocycles. The standard InChI is InChI=1S/C26H24Cl2N4O/c27-20-7-4-8-22(15-20)30-11-13-31(14-12-30)26(33)16-23(19-5-2-1-3-6-19)24-17-29-25-10-9-21(28)18-32(24)25/h1-10,15,17-18,23H,11-14,16H2. The van der Waals surface area contributed by atoms with Gasteiger partial charge in [-0.05, 0) is 35.9 Å². The lowest BCUT2D eigenvalue weighted by Crippen LogP contribution is -2.49. The van der Waals surface area contributed by atoms with Crippen LogP contribution < -0.4 is 4.90 Å². The van der Waals surface area contributed by atoms with Gasteiger partial charge >= 0.3 is 0 Å². The molecule has 1 saturated heterocycles. The van der Waals surface area contributed by atoms with Crippen LogP contribution in [-0.4, -0.2) is 46.4 Å². The van der Waals surface area contributed by atoms with Crippen LogP contribution in [0.25, 0.3) is 5.65 Å². The van der Waals surface area contributed by atoms with E-state index in [9.17, 15) is 4.79 Å². The van der Waals surface area contributed by atoms with Crippen LogP contribution >= 0.6 is 23.2 Å². The number of imidazole rings is 1. The second-order valence-corrected chi connectivity index (χ2v) is 9.15. The van der Waals surface area contributed by atoms with Crippen molar-refractivity contribution in [2.24, 2.45) is 0 Å². The van der Waals surface area contributed by atoms with E-state index in [1.54, 1.807) is 0 Å². The van der Waals surface area contributed by atoms with Crippen LogP contribution in [-0.2, 0) is 4.79 Å². The first-order valence-corrected chi connectivity index (χ1v) is 11.8. The van der Waals surface area contributed by atoms with Crippen LogP contribution in [0.15, 0.2) is 79.1 Å². The van der Waals surface area contributed by atoms with Crippen molar-refractivity contribution < 1.29 is 4.79 Å². The maximum atomic E-state index is 13.4. The van der Waals surface area contributed by atoms with Crippen molar-refractivity contribution in [2.45, 2.75) is 12.3 Å². The molecule has 5 rings (SSSR count). The van der Waals surface area contributed by atoms with E-state index in [-0.39, 0.29) is 11.8 Å². The third kappa shape index (κ3) is 4.70. The maximum Gasteiger partial charge on any atom is 0.223 e. The number of anilines is 1. The van der Waals surface area contributed by atoms with Gasteiger partial charge < -0.3 is 14.2 Å². The van der Waals surface area contributed by atoms with E-state index >= 15 is 0 Å². The average Bonchev–Trinajstić information content (AvgIpc) is 3.26. The van der Waals surface area contributed by atoms with E-state index in [2.05, 4.69) is 28.1 Å². The molecule has 3 heterocycles. The van der Waals surface area contributed by atoms with Crippen LogP contribution in [0.2, 0.25) is 10.0 Å². The Morgan fingerprint density at radius 3 is 2.45 bits per heavy atom. The number of amides is 1. The van der Waals surface area contributed by atoms with Crippen molar-refractivity contribution in [1.82, 2.24) is 14.3 Å². The molecule has 0 bridgehead atoms. The fraction of sp³-hybridized carbons (Fsp3) is 0.231. The number of nitrogens with zero attached hydrogens (tertiary/aromatic N) is 4. The van der Waals surface area contributed by atoms with Gasteiger partial charge in [0.25, 0.3) is 0 Å². The average molecular weight is 479 g/mol. The minimum absolute atomic E-state index is 0.113. The van der Waals surface area contributed by atoms with E-state index in [0.717, 1.165) is 40.7 Å². The molecule has 168 valence electrons. The molecule has 0 aliphatic carbocycles. The van der Waals surface area contributed by atoms with Gasteiger partial charge in [0.05, 0.1) is 10.7 Å². The molecule has 2 aromatic carbocycles. The summed E-state index contributed by atoms with van der Waals surface area (Å²) in [5, 5.41) is 1.36. The van der Waals surface area contributed by atoms with Gasteiger partial charge in [0.15, 0.2) is 0 Å². The second-order valence-electron chi connectivity index (χ2n) is 8.27. The molecule has 33 heavy (non-hydrogen) atoms. The van der Waals surface area contributed by atoms with Crippen LogP contribution in [0.1, 0.15) is 23.6 Å². The number of pyridine rings is 1. The Bertz CT molecular complexity index is 1270. The van der Waals surface area contributed by atoms with Crippen molar-refractivity contribution >= 4 is 40.4 Å². The van der Waals surface area contributed by atoms with Crippen LogP contribution in [0.4, 0.5) is 5.69 Å². The molecule has 5 nitrogen and oxygen atoms in total. The Labute approximate surface area is 203 Å². The molecule has 1 aliphatic heterocycles. The highest BCUT2D eigenvalue weighted by molar-refractivity contribution is 6.31. The van der Waals surface area contributed by atoms with E-state index < -0.39 is 0 Å². The number of carbonyl (C=O) groups excluding carboxylic acids is 1. The molecule has 0 radical (unpaired) electrons. The van der Waals surface area contributed by atoms with Gasteiger partial charge in [0.2, 0.25) is 5.91 Å². The van der Waals surface area contributed by atoms with Crippen molar-refractivity contribution in [1.29, 1.82) is 0 Å². The Hall–Kier alpha value is -3.02. The molecule has 1 fully saturated rings. The molecular weight excluding hydrogens is 455 g/mol. The Morgan fingerprint density at radius 1 is 0.909 bits per heavy atom. The Balaban J connectivity index is 1.35. The number of hydrogen-bond acceptors (Lipinski definition) is 3.